The van der Waals surface area contributed by atoms with Gasteiger partial charge in [0.05, 0.1) is 5.37 Å². The first-order valence-corrected chi connectivity index (χ1v) is 8.27. The predicted molar refractivity (Wildman–Crippen MR) is 79.0 cm³/mol. The fourth-order valence-corrected chi connectivity index (χ4v) is 4.16. The molecule has 0 bridgehead atoms. The van der Waals surface area contributed by atoms with Crippen molar-refractivity contribution in [3.63, 3.8) is 0 Å². The molecule has 118 valence electrons. The molecule has 7 nitrogen and oxygen atoms in total. The molecule has 2 heterocycles. The first-order chi connectivity index (χ1) is 10.0. The third-order valence-electron chi connectivity index (χ3n) is 3.91. The van der Waals surface area contributed by atoms with Crippen LogP contribution in [0.15, 0.2) is 0 Å². The average Bonchev–Trinajstić information content (AvgIpc) is 2.90. The van der Waals surface area contributed by atoms with E-state index in [4.69, 9.17) is 0 Å². The summed E-state index contributed by atoms with van der Waals surface area (Å²) in [5, 5.41) is 11.9. The molecule has 0 aliphatic carbocycles. The van der Waals surface area contributed by atoms with Crippen molar-refractivity contribution < 1.29 is 19.5 Å². The standard InChI is InChI=1S/C13H21N3O4S/c1-3-8-11(17)14-5-6-15(8)13(20)16-9(12(18)19)7-21-10(16)4-2/h8-10H,3-7H2,1-2H3,(H,14,17)(H,18,19). The molecule has 2 fully saturated rings. The van der Waals surface area contributed by atoms with E-state index < -0.39 is 18.1 Å². The van der Waals surface area contributed by atoms with Crippen molar-refractivity contribution in [1.82, 2.24) is 15.1 Å². The highest BCUT2D eigenvalue weighted by molar-refractivity contribution is 8.00. The third kappa shape index (κ3) is 2.95. The van der Waals surface area contributed by atoms with Gasteiger partial charge in [-0.25, -0.2) is 9.59 Å². The highest BCUT2D eigenvalue weighted by Crippen LogP contribution is 2.33. The minimum atomic E-state index is -0.985. The van der Waals surface area contributed by atoms with Gasteiger partial charge >= 0.3 is 12.0 Å². The zero-order valence-corrected chi connectivity index (χ0v) is 13.1. The molecule has 2 saturated heterocycles. The Morgan fingerprint density at radius 2 is 2.10 bits per heavy atom. The SMILES string of the molecule is CCC1C(=O)NCCN1C(=O)N1C(CC)SCC1C(=O)O. The second-order valence-electron chi connectivity index (χ2n) is 5.15. The number of piperazine rings is 1. The van der Waals surface area contributed by atoms with Crippen molar-refractivity contribution in [3.8, 4) is 0 Å². The van der Waals surface area contributed by atoms with E-state index in [0.717, 1.165) is 0 Å². The Balaban J connectivity index is 2.22. The minimum Gasteiger partial charge on any atom is -0.480 e. The Kier molecular flexibility index (Phi) is 4.97. The summed E-state index contributed by atoms with van der Waals surface area (Å²) in [7, 11) is 0. The van der Waals surface area contributed by atoms with Crippen LogP contribution in [0.1, 0.15) is 26.7 Å². The van der Waals surface area contributed by atoms with Crippen LogP contribution in [0.5, 0.6) is 0 Å². The molecule has 3 unspecified atom stereocenters. The highest BCUT2D eigenvalue weighted by Gasteiger charge is 2.45. The fraction of sp³-hybridized carbons (Fsp3) is 0.769. The second-order valence-corrected chi connectivity index (χ2v) is 6.36. The van der Waals surface area contributed by atoms with Gasteiger partial charge in [0.25, 0.3) is 0 Å². The summed E-state index contributed by atoms with van der Waals surface area (Å²) in [5.74, 6) is -0.749. The van der Waals surface area contributed by atoms with Gasteiger partial charge in [0.15, 0.2) is 0 Å². The van der Waals surface area contributed by atoms with Gasteiger partial charge in [-0.2, -0.15) is 0 Å². The summed E-state index contributed by atoms with van der Waals surface area (Å²) in [4.78, 5) is 39.0. The molecule has 0 aromatic rings. The van der Waals surface area contributed by atoms with E-state index in [9.17, 15) is 19.5 Å². The van der Waals surface area contributed by atoms with E-state index in [1.54, 1.807) is 0 Å². The molecule has 2 N–H and O–H groups in total. The smallest absolute Gasteiger partial charge is 0.327 e. The highest BCUT2D eigenvalue weighted by atomic mass is 32.2. The van der Waals surface area contributed by atoms with Crippen LogP contribution in [0, 0.1) is 0 Å². The van der Waals surface area contributed by atoms with E-state index in [1.165, 1.54) is 21.6 Å². The van der Waals surface area contributed by atoms with Crippen LogP contribution in [0.25, 0.3) is 0 Å². The van der Waals surface area contributed by atoms with Crippen LogP contribution in [0.3, 0.4) is 0 Å². The molecule has 2 aliphatic heterocycles. The molecule has 3 atom stereocenters. The Morgan fingerprint density at radius 3 is 2.67 bits per heavy atom. The number of amides is 3. The lowest BCUT2D eigenvalue weighted by molar-refractivity contribution is -0.141. The van der Waals surface area contributed by atoms with Crippen LogP contribution in [-0.4, -0.2) is 69.1 Å². The zero-order chi connectivity index (χ0) is 15.6. The Bertz CT molecular complexity index is 445. The number of urea groups is 1. The monoisotopic (exact) mass is 315 g/mol. The molecule has 0 saturated carbocycles. The van der Waals surface area contributed by atoms with Crippen molar-refractivity contribution in [1.29, 1.82) is 0 Å². The third-order valence-corrected chi connectivity index (χ3v) is 5.36. The van der Waals surface area contributed by atoms with Gasteiger partial charge in [-0.05, 0) is 12.8 Å². The van der Waals surface area contributed by atoms with Crippen molar-refractivity contribution in [2.75, 3.05) is 18.8 Å². The first kappa shape index (κ1) is 15.9. The van der Waals surface area contributed by atoms with Crippen LogP contribution in [0.2, 0.25) is 0 Å². The predicted octanol–water partition coefficient (Wildman–Crippen LogP) is 0.555. The Hall–Kier alpha value is -1.44. The summed E-state index contributed by atoms with van der Waals surface area (Å²) in [6, 6.07) is -1.65. The van der Waals surface area contributed by atoms with E-state index in [-0.39, 0.29) is 17.3 Å². The topological polar surface area (TPSA) is 90.0 Å². The summed E-state index contributed by atoms with van der Waals surface area (Å²) in [6.07, 6.45) is 1.21. The van der Waals surface area contributed by atoms with Crippen molar-refractivity contribution >= 4 is 29.7 Å². The fourth-order valence-electron chi connectivity index (χ4n) is 2.82. The van der Waals surface area contributed by atoms with Gasteiger partial charge in [0.1, 0.15) is 12.1 Å². The lowest BCUT2D eigenvalue weighted by atomic mass is 10.1. The molecule has 21 heavy (non-hydrogen) atoms. The lowest BCUT2D eigenvalue weighted by Crippen LogP contribution is -2.61. The first-order valence-electron chi connectivity index (χ1n) is 7.22. The number of nitrogens with one attached hydrogen (secondary N) is 1. The second kappa shape index (κ2) is 6.55. The molecule has 0 aromatic heterocycles. The number of hydrogen-bond acceptors (Lipinski definition) is 4. The maximum absolute atomic E-state index is 12.8. The number of thioether (sulfide) groups is 1. The number of carboxylic acids is 1. The maximum Gasteiger partial charge on any atom is 0.327 e. The van der Waals surface area contributed by atoms with Gasteiger partial charge in [0.2, 0.25) is 5.91 Å². The summed E-state index contributed by atoms with van der Waals surface area (Å²) in [5.41, 5.74) is 0. The molecule has 2 rings (SSSR count). The van der Waals surface area contributed by atoms with Gasteiger partial charge in [-0.15, -0.1) is 11.8 Å². The summed E-state index contributed by atoms with van der Waals surface area (Å²) < 4.78 is 0. The van der Waals surface area contributed by atoms with Crippen molar-refractivity contribution in [3.05, 3.63) is 0 Å². The van der Waals surface area contributed by atoms with Crippen LogP contribution < -0.4 is 5.32 Å². The molecule has 3 amide bonds. The number of carbonyl (C=O) groups is 3. The van der Waals surface area contributed by atoms with Crippen LogP contribution in [0.4, 0.5) is 4.79 Å². The lowest BCUT2D eigenvalue weighted by Gasteiger charge is -2.39. The number of rotatable bonds is 3. The van der Waals surface area contributed by atoms with E-state index in [0.29, 0.717) is 31.7 Å². The molecule has 8 heteroatoms. The number of hydrogen-bond donors (Lipinski definition) is 2. The summed E-state index contributed by atoms with van der Waals surface area (Å²) >= 11 is 1.49. The van der Waals surface area contributed by atoms with Gasteiger partial charge < -0.3 is 15.3 Å². The Morgan fingerprint density at radius 1 is 1.38 bits per heavy atom. The normalized spacial score (nSPS) is 29.4. The molecule has 2 aliphatic rings. The quantitative estimate of drug-likeness (QED) is 0.794. The number of carbonyl (C=O) groups excluding carboxylic acids is 2. The van der Waals surface area contributed by atoms with Gasteiger partial charge in [-0.1, -0.05) is 13.8 Å². The van der Waals surface area contributed by atoms with Gasteiger partial charge in [0, 0.05) is 18.8 Å². The summed E-state index contributed by atoms with van der Waals surface area (Å²) in [6.45, 7) is 4.62. The largest absolute Gasteiger partial charge is 0.480 e. The van der Waals surface area contributed by atoms with E-state index >= 15 is 0 Å². The number of aliphatic carboxylic acids is 1. The van der Waals surface area contributed by atoms with Crippen molar-refractivity contribution in [2.24, 2.45) is 0 Å². The molecular weight excluding hydrogens is 294 g/mol. The average molecular weight is 315 g/mol. The van der Waals surface area contributed by atoms with E-state index in [1.807, 2.05) is 13.8 Å². The minimum absolute atomic E-state index is 0.138. The molecular formula is C13H21N3O4S. The number of nitrogens with zero attached hydrogens (tertiary/aromatic N) is 2. The van der Waals surface area contributed by atoms with Crippen molar-refractivity contribution in [2.45, 2.75) is 44.1 Å². The van der Waals surface area contributed by atoms with Gasteiger partial charge in [-0.3, -0.25) is 9.69 Å². The Labute approximate surface area is 128 Å². The zero-order valence-electron chi connectivity index (χ0n) is 12.2. The maximum atomic E-state index is 12.8. The van der Waals surface area contributed by atoms with E-state index in [2.05, 4.69) is 5.32 Å². The van der Waals surface area contributed by atoms with Crippen LogP contribution in [-0.2, 0) is 9.59 Å². The molecule has 0 aromatic carbocycles. The number of carboxylic acid groups (broad SMARTS) is 1. The van der Waals surface area contributed by atoms with Crippen LogP contribution >= 0.6 is 11.8 Å². The molecule has 0 radical (unpaired) electrons. The molecule has 0 spiro atoms.